The predicted molar refractivity (Wildman–Crippen MR) is 140 cm³/mol. The highest BCUT2D eigenvalue weighted by molar-refractivity contribution is 7.85. The third-order valence-corrected chi connectivity index (χ3v) is 8.42. The third kappa shape index (κ3) is 5.43. The molecule has 1 aromatic carbocycles. The van der Waals surface area contributed by atoms with E-state index in [-0.39, 0.29) is 22.9 Å². The Balaban J connectivity index is 0.00000186. The SMILES string of the molecule is CC.COC1(c2cc3c(N(C)Cc4cccc(C(F)F)c4F)ncnc3n(C)c2=O)CCS(=O)C(C)C1. The number of fused-ring (bicyclic) bond motifs is 1. The van der Waals surface area contributed by atoms with Gasteiger partial charge < -0.3 is 9.64 Å². The van der Waals surface area contributed by atoms with E-state index in [9.17, 15) is 22.2 Å². The number of hydrogen-bond donors (Lipinski definition) is 0. The van der Waals surface area contributed by atoms with Crippen molar-refractivity contribution in [2.45, 2.75) is 57.4 Å². The fraction of sp³-hybridized carbons (Fsp3) is 0.500. The minimum absolute atomic E-state index is 0.0257. The molecule has 0 spiro atoms. The molecule has 1 aliphatic heterocycles. The van der Waals surface area contributed by atoms with Gasteiger partial charge in [0, 0.05) is 55.1 Å². The summed E-state index contributed by atoms with van der Waals surface area (Å²) in [6.07, 6.45) is -0.779. The van der Waals surface area contributed by atoms with Crippen LogP contribution in [-0.2, 0) is 34.7 Å². The number of methoxy groups -OCH3 is 1. The van der Waals surface area contributed by atoms with Crippen molar-refractivity contribution >= 4 is 27.7 Å². The van der Waals surface area contributed by atoms with Gasteiger partial charge in [-0.05, 0) is 18.9 Å². The highest BCUT2D eigenvalue weighted by Gasteiger charge is 2.42. The fourth-order valence-electron chi connectivity index (χ4n) is 4.77. The number of rotatable bonds is 6. The minimum Gasteiger partial charge on any atom is -0.373 e. The summed E-state index contributed by atoms with van der Waals surface area (Å²) in [5.74, 6) is -0.135. The molecule has 3 heterocycles. The van der Waals surface area contributed by atoms with Crippen molar-refractivity contribution < 1.29 is 22.1 Å². The number of pyridine rings is 1. The zero-order valence-electron chi connectivity index (χ0n) is 21.9. The Morgan fingerprint density at radius 3 is 2.62 bits per heavy atom. The van der Waals surface area contributed by atoms with E-state index in [1.807, 2.05) is 20.8 Å². The average Bonchev–Trinajstić information content (AvgIpc) is 2.89. The minimum atomic E-state index is -2.92. The molecule has 3 aromatic rings. The van der Waals surface area contributed by atoms with Crippen LogP contribution in [0.2, 0.25) is 0 Å². The van der Waals surface area contributed by atoms with Gasteiger partial charge in [0.25, 0.3) is 12.0 Å². The molecule has 1 saturated heterocycles. The zero-order valence-corrected chi connectivity index (χ0v) is 22.7. The molecule has 0 aliphatic carbocycles. The molecule has 0 radical (unpaired) electrons. The quantitative estimate of drug-likeness (QED) is 0.447. The van der Waals surface area contributed by atoms with Gasteiger partial charge in [0.05, 0.1) is 16.5 Å². The van der Waals surface area contributed by atoms with Crippen LogP contribution in [0, 0.1) is 5.82 Å². The van der Waals surface area contributed by atoms with Gasteiger partial charge in [0.1, 0.15) is 29.2 Å². The van der Waals surface area contributed by atoms with Crippen LogP contribution in [0.3, 0.4) is 0 Å². The number of anilines is 1. The lowest BCUT2D eigenvalue weighted by atomic mass is 9.86. The van der Waals surface area contributed by atoms with E-state index in [1.54, 1.807) is 25.1 Å². The number of benzene rings is 1. The largest absolute Gasteiger partial charge is 0.373 e. The summed E-state index contributed by atoms with van der Waals surface area (Å²) in [6.45, 7) is 5.85. The zero-order chi connectivity index (χ0) is 27.5. The maximum atomic E-state index is 14.7. The molecule has 202 valence electrons. The number of ether oxygens (including phenoxy) is 1. The Hall–Kier alpha value is -2.79. The topological polar surface area (TPSA) is 77.3 Å². The molecule has 4 rings (SSSR count). The van der Waals surface area contributed by atoms with Crippen molar-refractivity contribution in [3.63, 3.8) is 0 Å². The van der Waals surface area contributed by atoms with Crippen molar-refractivity contribution in [3.8, 4) is 0 Å². The van der Waals surface area contributed by atoms with Gasteiger partial charge in [-0.3, -0.25) is 13.6 Å². The maximum absolute atomic E-state index is 14.7. The first kappa shape index (κ1) is 28.8. The van der Waals surface area contributed by atoms with E-state index in [2.05, 4.69) is 9.97 Å². The monoisotopic (exact) mass is 538 g/mol. The van der Waals surface area contributed by atoms with Crippen LogP contribution in [0.5, 0.6) is 0 Å². The number of aryl methyl sites for hydroxylation is 1. The van der Waals surface area contributed by atoms with Crippen LogP contribution >= 0.6 is 0 Å². The van der Waals surface area contributed by atoms with Gasteiger partial charge in [-0.25, -0.2) is 23.1 Å². The van der Waals surface area contributed by atoms with Crippen molar-refractivity contribution in [2.75, 3.05) is 24.8 Å². The molecule has 11 heteroatoms. The second-order valence-corrected chi connectivity index (χ2v) is 10.9. The molecule has 3 atom stereocenters. The molecular formula is C26H33F3N4O3S. The highest BCUT2D eigenvalue weighted by Crippen LogP contribution is 2.39. The van der Waals surface area contributed by atoms with E-state index in [0.29, 0.717) is 41.0 Å². The summed E-state index contributed by atoms with van der Waals surface area (Å²) in [6, 6.07) is 5.60. The van der Waals surface area contributed by atoms with Crippen LogP contribution in [0.1, 0.15) is 56.7 Å². The molecule has 0 N–H and O–H groups in total. The van der Waals surface area contributed by atoms with Gasteiger partial charge in [-0.1, -0.05) is 39.0 Å². The number of aromatic nitrogens is 3. The van der Waals surface area contributed by atoms with E-state index in [0.717, 1.165) is 6.07 Å². The van der Waals surface area contributed by atoms with Crippen molar-refractivity contribution in [1.82, 2.24) is 14.5 Å². The Bertz CT molecular complexity index is 1350. The Morgan fingerprint density at radius 1 is 1.30 bits per heavy atom. The van der Waals surface area contributed by atoms with Crippen LogP contribution in [0.15, 0.2) is 35.4 Å². The maximum Gasteiger partial charge on any atom is 0.266 e. The lowest BCUT2D eigenvalue weighted by molar-refractivity contribution is -0.0288. The predicted octanol–water partition coefficient (Wildman–Crippen LogP) is 4.84. The first-order valence-electron chi connectivity index (χ1n) is 12.1. The lowest BCUT2D eigenvalue weighted by Crippen LogP contribution is -2.44. The normalized spacial score (nSPS) is 21.6. The van der Waals surface area contributed by atoms with Crippen molar-refractivity contribution in [3.05, 3.63) is 63.5 Å². The summed E-state index contributed by atoms with van der Waals surface area (Å²) < 4.78 is 60.6. The third-order valence-electron chi connectivity index (χ3n) is 6.75. The molecule has 0 saturated carbocycles. The molecule has 0 bridgehead atoms. The second kappa shape index (κ2) is 11.7. The Labute approximate surface area is 217 Å². The summed E-state index contributed by atoms with van der Waals surface area (Å²) in [7, 11) is 3.81. The smallest absolute Gasteiger partial charge is 0.266 e. The first-order chi connectivity index (χ1) is 17.6. The van der Waals surface area contributed by atoms with E-state index < -0.39 is 34.2 Å². The van der Waals surface area contributed by atoms with Gasteiger partial charge in [-0.15, -0.1) is 0 Å². The summed E-state index contributed by atoms with van der Waals surface area (Å²) >= 11 is 0. The highest BCUT2D eigenvalue weighted by atomic mass is 32.2. The summed E-state index contributed by atoms with van der Waals surface area (Å²) in [5.41, 5.74) is -0.968. The molecule has 3 unspecified atom stereocenters. The van der Waals surface area contributed by atoms with E-state index in [1.165, 1.54) is 30.1 Å². The Morgan fingerprint density at radius 2 is 2.00 bits per heavy atom. The van der Waals surface area contributed by atoms with Crippen LogP contribution < -0.4 is 10.5 Å². The number of nitrogens with zero attached hydrogens (tertiary/aromatic N) is 4. The Kier molecular flexibility index (Phi) is 9.12. The van der Waals surface area contributed by atoms with Gasteiger partial charge in [-0.2, -0.15) is 0 Å². The number of hydrogen-bond acceptors (Lipinski definition) is 6. The molecular weight excluding hydrogens is 505 g/mol. The van der Waals surface area contributed by atoms with Crippen molar-refractivity contribution in [1.29, 1.82) is 0 Å². The van der Waals surface area contributed by atoms with Crippen LogP contribution in [0.4, 0.5) is 19.0 Å². The number of alkyl halides is 2. The number of halogens is 3. The first-order valence-corrected chi connectivity index (χ1v) is 13.5. The van der Waals surface area contributed by atoms with Gasteiger partial charge in [0.2, 0.25) is 0 Å². The standard InChI is InChI=1S/C24H27F3N4O3S.C2H6/c1-14-11-24(34-4,8-9-35(14)33)18-10-17-21(28-13-29-22(17)31(3)23(18)32)30(2)12-15-6-5-7-16(19(15)25)20(26)27;1-2/h5-7,10,13-14,20H,8-9,11-12H2,1-4H3;1-2H3. The molecule has 0 amide bonds. The summed E-state index contributed by atoms with van der Waals surface area (Å²) in [5, 5.41) is 0.386. The fourth-order valence-corrected chi connectivity index (χ4v) is 6.16. The van der Waals surface area contributed by atoms with E-state index in [4.69, 9.17) is 4.74 Å². The van der Waals surface area contributed by atoms with Crippen LogP contribution in [-0.4, -0.2) is 43.9 Å². The average molecular weight is 539 g/mol. The lowest BCUT2D eigenvalue weighted by Gasteiger charge is -2.38. The van der Waals surface area contributed by atoms with Crippen molar-refractivity contribution in [2.24, 2.45) is 7.05 Å². The molecule has 1 fully saturated rings. The van der Waals surface area contributed by atoms with Gasteiger partial charge >= 0.3 is 0 Å². The molecule has 7 nitrogen and oxygen atoms in total. The van der Waals surface area contributed by atoms with E-state index >= 15 is 0 Å². The summed E-state index contributed by atoms with van der Waals surface area (Å²) in [4.78, 5) is 23.6. The molecule has 2 aromatic heterocycles. The second-order valence-electron chi connectivity index (χ2n) is 8.88. The van der Waals surface area contributed by atoms with Crippen LogP contribution in [0.25, 0.3) is 11.0 Å². The molecule has 1 aliphatic rings. The van der Waals surface area contributed by atoms with Gasteiger partial charge in [0.15, 0.2) is 0 Å². The molecule has 37 heavy (non-hydrogen) atoms.